The number of hydrogen-bond acceptors (Lipinski definition) is 6. The molecule has 1 heterocycles. The number of Topliss-reactive ketones (excluding diaryl/α,β-unsaturated/α-hetero) is 2. The molecule has 1 fully saturated rings. The van der Waals surface area contributed by atoms with Crippen LogP contribution in [0, 0.1) is 0 Å². The van der Waals surface area contributed by atoms with Crippen molar-refractivity contribution >= 4 is 21.6 Å². The lowest BCUT2D eigenvalue weighted by atomic mass is 9.92. The van der Waals surface area contributed by atoms with Gasteiger partial charge in [-0.1, -0.05) is 24.3 Å². The molecule has 8 heteroatoms. The number of sulfonamides is 1. The zero-order valence-corrected chi connectivity index (χ0v) is 14.8. The van der Waals surface area contributed by atoms with Crippen LogP contribution in [0.15, 0.2) is 34.9 Å². The third-order valence-electron chi connectivity index (χ3n) is 4.56. The van der Waals surface area contributed by atoms with Gasteiger partial charge in [-0.05, 0) is 12.8 Å². The van der Waals surface area contributed by atoms with Crippen LogP contribution >= 0.6 is 0 Å². The Morgan fingerprint density at radius 2 is 1.64 bits per heavy atom. The molecule has 1 saturated heterocycles. The first-order chi connectivity index (χ1) is 11.9. The van der Waals surface area contributed by atoms with Gasteiger partial charge < -0.3 is 10.0 Å². The van der Waals surface area contributed by atoms with Crippen LogP contribution in [-0.2, 0) is 10.0 Å². The minimum atomic E-state index is -4.19. The Bertz CT molecular complexity index is 854. The van der Waals surface area contributed by atoms with E-state index in [9.17, 15) is 18.0 Å². The number of likely N-dealkylation sites (N-methyl/N-ethyl adjacent to an activating group) is 1. The number of allylic oxidation sites excluding steroid dienone is 2. The van der Waals surface area contributed by atoms with Crippen LogP contribution in [0.3, 0.4) is 0 Å². The molecule has 25 heavy (non-hydrogen) atoms. The number of carbonyl (C=O) groups is 2. The fourth-order valence-electron chi connectivity index (χ4n) is 3.22. The summed E-state index contributed by atoms with van der Waals surface area (Å²) in [6.45, 7) is 0.557. The van der Waals surface area contributed by atoms with Gasteiger partial charge in [0.1, 0.15) is 5.70 Å². The fraction of sp³-hybridized carbons (Fsp3) is 0.412. The maximum absolute atomic E-state index is 13.0. The molecule has 3 rings (SSSR count). The third kappa shape index (κ3) is 2.90. The monoisotopic (exact) mass is 364 g/mol. The molecule has 0 radical (unpaired) electrons. The summed E-state index contributed by atoms with van der Waals surface area (Å²) in [4.78, 5) is 27.2. The molecule has 0 bridgehead atoms. The number of hydrogen-bond donors (Lipinski definition) is 1. The van der Waals surface area contributed by atoms with E-state index in [2.05, 4.69) is 0 Å². The quantitative estimate of drug-likeness (QED) is 0.823. The molecule has 1 aliphatic carbocycles. The molecular formula is C17H20N2O5S. The van der Waals surface area contributed by atoms with Crippen LogP contribution in [0.4, 0.5) is 0 Å². The Hall–Kier alpha value is -2.03. The molecule has 1 aromatic carbocycles. The highest BCUT2D eigenvalue weighted by Gasteiger charge is 2.43. The van der Waals surface area contributed by atoms with Crippen molar-refractivity contribution < 1.29 is 23.1 Å². The van der Waals surface area contributed by atoms with E-state index in [0.29, 0.717) is 13.1 Å². The number of fused-ring (bicyclic) bond motifs is 1. The summed E-state index contributed by atoms with van der Waals surface area (Å²) >= 11 is 0. The first-order valence-electron chi connectivity index (χ1n) is 8.14. The van der Waals surface area contributed by atoms with Crippen molar-refractivity contribution in [3.63, 3.8) is 0 Å². The molecule has 0 unspecified atom stereocenters. The van der Waals surface area contributed by atoms with E-state index >= 15 is 0 Å². The summed E-state index contributed by atoms with van der Waals surface area (Å²) in [5, 5.41) is 9.07. The number of likely N-dealkylation sites (tertiary alicyclic amines) is 1. The van der Waals surface area contributed by atoms with Crippen molar-refractivity contribution in [2.75, 3.05) is 33.3 Å². The summed E-state index contributed by atoms with van der Waals surface area (Å²) in [7, 11) is -2.90. The average Bonchev–Trinajstić information content (AvgIpc) is 3.12. The second-order valence-electron chi connectivity index (χ2n) is 6.13. The molecule has 2 aliphatic rings. The molecule has 1 aromatic rings. The van der Waals surface area contributed by atoms with Crippen LogP contribution in [0.1, 0.15) is 33.6 Å². The van der Waals surface area contributed by atoms with Gasteiger partial charge in [-0.15, -0.1) is 0 Å². The maximum Gasteiger partial charge on any atom is 0.249 e. The molecule has 0 saturated carbocycles. The van der Waals surface area contributed by atoms with E-state index in [1.807, 2.05) is 0 Å². The van der Waals surface area contributed by atoms with Crippen LogP contribution in [0.25, 0.3) is 0 Å². The van der Waals surface area contributed by atoms with E-state index in [4.69, 9.17) is 5.11 Å². The van der Waals surface area contributed by atoms with Crippen LogP contribution in [0.5, 0.6) is 0 Å². The van der Waals surface area contributed by atoms with Crippen molar-refractivity contribution in [1.29, 1.82) is 0 Å². The molecule has 1 N–H and O–H groups in total. The largest absolute Gasteiger partial charge is 0.395 e. The summed E-state index contributed by atoms with van der Waals surface area (Å²) in [5.41, 5.74) is 0.301. The Balaban J connectivity index is 2.23. The zero-order valence-electron chi connectivity index (χ0n) is 13.9. The number of aliphatic hydroxyl groups excluding tert-OH is 1. The molecule has 0 amide bonds. The van der Waals surface area contributed by atoms with Gasteiger partial charge in [0.15, 0.2) is 4.91 Å². The van der Waals surface area contributed by atoms with E-state index in [-0.39, 0.29) is 30.0 Å². The number of carbonyl (C=O) groups excluding carboxylic acids is 2. The lowest BCUT2D eigenvalue weighted by Crippen LogP contribution is -2.40. The van der Waals surface area contributed by atoms with E-state index < -0.39 is 26.5 Å². The molecule has 1 aliphatic heterocycles. The highest BCUT2D eigenvalue weighted by molar-refractivity contribution is 7.94. The van der Waals surface area contributed by atoms with Crippen molar-refractivity contribution in [3.8, 4) is 0 Å². The third-order valence-corrected chi connectivity index (χ3v) is 6.46. The van der Waals surface area contributed by atoms with E-state index in [1.165, 1.54) is 13.1 Å². The van der Waals surface area contributed by atoms with Gasteiger partial charge >= 0.3 is 0 Å². The van der Waals surface area contributed by atoms with Crippen molar-refractivity contribution in [2.45, 2.75) is 12.8 Å². The first-order valence-corrected chi connectivity index (χ1v) is 9.58. The van der Waals surface area contributed by atoms with Gasteiger partial charge in [-0.3, -0.25) is 9.59 Å². The summed E-state index contributed by atoms with van der Waals surface area (Å²) in [5.74, 6) is -1.10. The van der Waals surface area contributed by atoms with E-state index in [1.54, 1.807) is 23.1 Å². The van der Waals surface area contributed by atoms with Gasteiger partial charge in [-0.2, -0.15) is 4.31 Å². The number of ketones is 2. The molecule has 0 atom stereocenters. The van der Waals surface area contributed by atoms with Gasteiger partial charge in [0, 0.05) is 37.8 Å². The Kier molecular flexibility index (Phi) is 4.77. The van der Waals surface area contributed by atoms with Crippen molar-refractivity contribution in [2.24, 2.45) is 0 Å². The minimum Gasteiger partial charge on any atom is -0.395 e. The second-order valence-corrected chi connectivity index (χ2v) is 8.11. The number of benzene rings is 1. The lowest BCUT2D eigenvalue weighted by molar-refractivity contribution is 0.0952. The molecule has 0 spiro atoms. The van der Waals surface area contributed by atoms with Crippen molar-refractivity contribution in [1.82, 2.24) is 9.21 Å². The van der Waals surface area contributed by atoms with Gasteiger partial charge in [0.2, 0.25) is 21.6 Å². The highest BCUT2D eigenvalue weighted by Crippen LogP contribution is 2.33. The van der Waals surface area contributed by atoms with Gasteiger partial charge in [0.25, 0.3) is 0 Å². The minimum absolute atomic E-state index is 0.0361. The number of nitrogens with zero attached hydrogens (tertiary/aromatic N) is 2. The summed E-state index contributed by atoms with van der Waals surface area (Å²) in [6.07, 6.45) is 1.68. The molecule has 0 aromatic heterocycles. The maximum atomic E-state index is 13.0. The number of aliphatic hydroxyl groups is 1. The molecular weight excluding hydrogens is 344 g/mol. The molecule has 7 nitrogen and oxygen atoms in total. The Morgan fingerprint density at radius 3 is 2.20 bits per heavy atom. The molecule has 134 valence electrons. The first kappa shape index (κ1) is 17.8. The van der Waals surface area contributed by atoms with Gasteiger partial charge in [0.05, 0.1) is 6.61 Å². The SMILES string of the molecule is CN(CCO)S(=O)(=O)C1=C(N2CCCC2)C(=O)c2ccccc2C1=O. The summed E-state index contributed by atoms with van der Waals surface area (Å²) < 4.78 is 26.8. The van der Waals surface area contributed by atoms with E-state index in [0.717, 1.165) is 17.1 Å². The average molecular weight is 364 g/mol. The van der Waals surface area contributed by atoms with Crippen LogP contribution in [0.2, 0.25) is 0 Å². The van der Waals surface area contributed by atoms with Gasteiger partial charge in [-0.25, -0.2) is 8.42 Å². The fourth-order valence-corrected chi connectivity index (χ4v) is 4.67. The zero-order chi connectivity index (χ0) is 18.2. The standard InChI is InChI=1S/C17H20N2O5S/c1-18(10-11-20)25(23,24)17-14(19-8-4-5-9-19)15(21)12-6-2-3-7-13(12)16(17)22/h2-3,6-7,20H,4-5,8-11H2,1H3. The second kappa shape index (κ2) is 6.70. The summed E-state index contributed by atoms with van der Waals surface area (Å²) in [6, 6.07) is 6.28. The normalized spacial score (nSPS) is 18.3. The topological polar surface area (TPSA) is 95.0 Å². The Labute approximate surface area is 146 Å². The van der Waals surface area contributed by atoms with Crippen molar-refractivity contribution in [3.05, 3.63) is 46.0 Å². The number of rotatable bonds is 5. The highest BCUT2D eigenvalue weighted by atomic mass is 32.2. The van der Waals surface area contributed by atoms with Crippen LogP contribution in [-0.4, -0.2) is 67.6 Å². The lowest BCUT2D eigenvalue weighted by Gasteiger charge is -2.29. The Morgan fingerprint density at radius 1 is 1.08 bits per heavy atom. The van der Waals surface area contributed by atoms with Crippen LogP contribution < -0.4 is 0 Å². The smallest absolute Gasteiger partial charge is 0.249 e. The predicted octanol–water partition coefficient (Wildman–Crippen LogP) is 0.627. The predicted molar refractivity (Wildman–Crippen MR) is 91.6 cm³/mol.